The molecule has 0 aliphatic rings. The molecule has 29 heavy (non-hydrogen) atoms. The Labute approximate surface area is 177 Å². The van der Waals surface area contributed by atoms with Crippen molar-refractivity contribution in [2.24, 2.45) is 0 Å². The smallest absolute Gasteiger partial charge is 0.407 e. The third kappa shape index (κ3) is 21.9. The number of unbranched alkanes of at least 4 members (excludes halogenated alkanes) is 5. The van der Waals surface area contributed by atoms with E-state index in [4.69, 9.17) is 4.74 Å². The summed E-state index contributed by atoms with van der Waals surface area (Å²) in [6, 6.07) is 0. The van der Waals surface area contributed by atoms with Crippen molar-refractivity contribution in [2.45, 2.75) is 71.1 Å². The second-order valence-corrected chi connectivity index (χ2v) is 6.75. The van der Waals surface area contributed by atoms with Crippen molar-refractivity contribution >= 4 is 12.0 Å². The van der Waals surface area contributed by atoms with Gasteiger partial charge in [0.2, 0.25) is 5.91 Å². The summed E-state index contributed by atoms with van der Waals surface area (Å²) < 4.78 is 4.99. The minimum atomic E-state index is -0.550. The topological polar surface area (TPSA) is 67.4 Å². The summed E-state index contributed by atoms with van der Waals surface area (Å²) in [5.74, 6) is -0.248. The Morgan fingerprint density at radius 3 is 1.79 bits per heavy atom. The van der Waals surface area contributed by atoms with E-state index in [0.29, 0.717) is 6.61 Å². The molecule has 0 aromatic rings. The van der Waals surface area contributed by atoms with E-state index >= 15 is 0 Å². The van der Waals surface area contributed by atoms with Crippen LogP contribution in [-0.2, 0) is 9.53 Å². The maximum Gasteiger partial charge on any atom is 0.407 e. The van der Waals surface area contributed by atoms with Gasteiger partial charge in [0, 0.05) is 7.05 Å². The number of hydrogen-bond acceptors (Lipinski definition) is 3. The second-order valence-electron chi connectivity index (χ2n) is 6.75. The van der Waals surface area contributed by atoms with Gasteiger partial charge in [0.15, 0.2) is 0 Å². The van der Waals surface area contributed by atoms with Crippen LogP contribution in [0, 0.1) is 0 Å². The zero-order valence-electron chi connectivity index (χ0n) is 18.3. The molecule has 5 heteroatoms. The lowest BCUT2D eigenvalue weighted by Gasteiger charge is -2.05. The largest absolute Gasteiger partial charge is 0.450 e. The van der Waals surface area contributed by atoms with Gasteiger partial charge < -0.3 is 15.4 Å². The van der Waals surface area contributed by atoms with Crippen molar-refractivity contribution in [3.63, 3.8) is 0 Å². The van der Waals surface area contributed by atoms with Crippen LogP contribution in [0.2, 0.25) is 0 Å². The van der Waals surface area contributed by atoms with Crippen LogP contribution < -0.4 is 10.6 Å². The second kappa shape index (κ2) is 22.0. The Bertz CT molecular complexity index is 522. The number of amides is 2. The predicted octanol–water partition coefficient (Wildman–Crippen LogP) is 5.60. The van der Waals surface area contributed by atoms with E-state index in [0.717, 1.165) is 38.5 Å². The molecule has 0 atom stereocenters. The van der Waals surface area contributed by atoms with Gasteiger partial charge in [-0.05, 0) is 51.4 Å². The van der Waals surface area contributed by atoms with E-state index in [9.17, 15) is 9.59 Å². The average molecular weight is 405 g/mol. The standard InChI is InChI=1S/C24H40N2O3/c1-3-4-5-6-7-8-9-10-11-12-13-14-15-16-17-18-19-20-21-29-24(28)26-22-23(27)25-2/h7-8,10-11,13-14,16-17H,3-6,9,12,15,18-22H2,1-2H3,(H,25,27)(H,26,28)/b8-7+,11-10+,14-13+,17-16+. The molecule has 0 saturated heterocycles. The molecule has 2 amide bonds. The normalized spacial score (nSPS) is 11.8. The highest BCUT2D eigenvalue weighted by Crippen LogP contribution is 2.01. The average Bonchev–Trinajstić information content (AvgIpc) is 2.73. The Hall–Kier alpha value is -2.30. The fourth-order valence-corrected chi connectivity index (χ4v) is 2.38. The Morgan fingerprint density at radius 1 is 0.759 bits per heavy atom. The van der Waals surface area contributed by atoms with Crippen LogP contribution in [0.5, 0.6) is 0 Å². The van der Waals surface area contributed by atoms with Gasteiger partial charge >= 0.3 is 6.09 Å². The van der Waals surface area contributed by atoms with Crippen molar-refractivity contribution in [3.8, 4) is 0 Å². The molecule has 0 heterocycles. The first-order valence-electron chi connectivity index (χ1n) is 10.9. The van der Waals surface area contributed by atoms with Gasteiger partial charge in [0.05, 0.1) is 13.2 Å². The number of rotatable bonds is 17. The number of ether oxygens (including phenoxy) is 1. The molecule has 5 nitrogen and oxygen atoms in total. The highest BCUT2D eigenvalue weighted by Gasteiger charge is 2.03. The molecule has 0 unspecified atom stereocenters. The Balaban J connectivity index is 3.45. The van der Waals surface area contributed by atoms with Crippen LogP contribution in [0.4, 0.5) is 4.79 Å². The zero-order valence-corrected chi connectivity index (χ0v) is 18.3. The van der Waals surface area contributed by atoms with Crippen LogP contribution >= 0.6 is 0 Å². The molecule has 0 aliphatic heterocycles. The first kappa shape index (κ1) is 26.7. The molecule has 0 bridgehead atoms. The molecule has 0 aliphatic carbocycles. The van der Waals surface area contributed by atoms with Gasteiger partial charge in [-0.3, -0.25) is 4.79 Å². The first-order chi connectivity index (χ1) is 14.2. The maximum atomic E-state index is 11.3. The zero-order chi connectivity index (χ0) is 21.4. The highest BCUT2D eigenvalue weighted by molar-refractivity contribution is 5.81. The van der Waals surface area contributed by atoms with E-state index in [1.54, 1.807) is 0 Å². The summed E-state index contributed by atoms with van der Waals surface area (Å²) in [5, 5.41) is 4.81. The molecular formula is C24H40N2O3. The molecular weight excluding hydrogens is 364 g/mol. The van der Waals surface area contributed by atoms with E-state index in [-0.39, 0.29) is 12.5 Å². The van der Waals surface area contributed by atoms with Gasteiger partial charge in [-0.25, -0.2) is 4.79 Å². The van der Waals surface area contributed by atoms with Crippen molar-refractivity contribution < 1.29 is 14.3 Å². The van der Waals surface area contributed by atoms with Gasteiger partial charge in [-0.2, -0.15) is 0 Å². The third-order valence-corrected chi connectivity index (χ3v) is 4.13. The van der Waals surface area contributed by atoms with Crippen LogP contribution in [-0.4, -0.2) is 32.2 Å². The van der Waals surface area contributed by atoms with Gasteiger partial charge in [-0.15, -0.1) is 0 Å². The minimum absolute atomic E-state index is 0.0580. The lowest BCUT2D eigenvalue weighted by molar-refractivity contribution is -0.119. The van der Waals surface area contributed by atoms with Crippen molar-refractivity contribution in [3.05, 3.63) is 48.6 Å². The number of hydrogen-bond donors (Lipinski definition) is 2. The predicted molar refractivity (Wildman–Crippen MR) is 122 cm³/mol. The molecule has 0 rings (SSSR count). The lowest BCUT2D eigenvalue weighted by Crippen LogP contribution is -2.35. The summed E-state index contributed by atoms with van der Waals surface area (Å²) in [4.78, 5) is 22.3. The quantitative estimate of drug-likeness (QED) is 0.245. The molecule has 2 N–H and O–H groups in total. The van der Waals surface area contributed by atoms with E-state index in [2.05, 4.69) is 66.2 Å². The summed E-state index contributed by atoms with van der Waals surface area (Å²) in [5.41, 5.74) is 0. The maximum absolute atomic E-state index is 11.3. The number of likely N-dealkylation sites (N-methyl/N-ethyl adjacent to an activating group) is 1. The van der Waals surface area contributed by atoms with Crippen LogP contribution in [0.25, 0.3) is 0 Å². The van der Waals surface area contributed by atoms with Crippen molar-refractivity contribution in [1.29, 1.82) is 0 Å². The summed E-state index contributed by atoms with van der Waals surface area (Å²) in [7, 11) is 1.52. The molecule has 0 spiro atoms. The van der Waals surface area contributed by atoms with Crippen LogP contribution in [0.3, 0.4) is 0 Å². The highest BCUT2D eigenvalue weighted by atomic mass is 16.5. The van der Waals surface area contributed by atoms with E-state index < -0.39 is 6.09 Å². The molecule has 0 fully saturated rings. The number of carbonyl (C=O) groups is 2. The fraction of sp³-hybridized carbons (Fsp3) is 0.583. The molecule has 0 aromatic heterocycles. The molecule has 0 saturated carbocycles. The fourth-order valence-electron chi connectivity index (χ4n) is 2.38. The Kier molecular flexibility index (Phi) is 20.2. The molecule has 0 radical (unpaired) electrons. The van der Waals surface area contributed by atoms with Crippen LogP contribution in [0.15, 0.2) is 48.6 Å². The lowest BCUT2D eigenvalue weighted by atomic mass is 10.2. The Morgan fingerprint density at radius 2 is 1.28 bits per heavy atom. The van der Waals surface area contributed by atoms with E-state index in [1.165, 1.54) is 32.7 Å². The SMILES string of the molecule is CCCCC/C=C/C/C=C/C/C=C/C/C=C/CCCCOC(=O)NCC(=O)NC. The minimum Gasteiger partial charge on any atom is -0.450 e. The monoisotopic (exact) mass is 404 g/mol. The first-order valence-corrected chi connectivity index (χ1v) is 10.9. The van der Waals surface area contributed by atoms with Gasteiger partial charge in [0.1, 0.15) is 0 Å². The molecule has 0 aromatic carbocycles. The molecule has 164 valence electrons. The summed E-state index contributed by atoms with van der Waals surface area (Å²) in [6.07, 6.45) is 27.9. The third-order valence-electron chi connectivity index (χ3n) is 4.13. The van der Waals surface area contributed by atoms with Crippen molar-refractivity contribution in [1.82, 2.24) is 10.6 Å². The number of alkyl carbamates (subject to hydrolysis) is 1. The summed E-state index contributed by atoms with van der Waals surface area (Å²) >= 11 is 0. The van der Waals surface area contributed by atoms with Crippen LogP contribution in [0.1, 0.15) is 71.1 Å². The van der Waals surface area contributed by atoms with Gasteiger partial charge in [0.25, 0.3) is 0 Å². The number of allylic oxidation sites excluding steroid dienone is 8. The number of carbonyl (C=O) groups excluding carboxylic acids is 2. The summed E-state index contributed by atoms with van der Waals surface area (Å²) in [6.45, 7) is 2.54. The van der Waals surface area contributed by atoms with E-state index in [1.807, 2.05) is 0 Å². The number of nitrogens with one attached hydrogen (secondary N) is 2. The van der Waals surface area contributed by atoms with Gasteiger partial charge in [-0.1, -0.05) is 68.4 Å². The van der Waals surface area contributed by atoms with Crippen molar-refractivity contribution in [2.75, 3.05) is 20.2 Å².